The number of hydrogen-bond donors (Lipinski definition) is 1. The molecular formula is C22H21N3O4. The standard InChI is InChI=1S/C22H21N3O4/c1-27-16-9-8-13(10-18(16)28-2)29-17-5-3-4-14-20(23)19-15(24-21(14)17)11-25(22(19)26)12-6-7-12/h3-5,8-10,12H,6-7,11H2,1-2H3,(H2,23,24). The van der Waals surface area contributed by atoms with Crippen LogP contribution >= 0.6 is 0 Å². The number of pyridine rings is 1. The van der Waals surface area contributed by atoms with E-state index in [-0.39, 0.29) is 5.91 Å². The molecule has 2 N–H and O–H groups in total. The number of rotatable bonds is 5. The number of nitrogens with zero attached hydrogens (tertiary/aromatic N) is 2. The third-order valence-corrected chi connectivity index (χ3v) is 5.46. The highest BCUT2D eigenvalue weighted by Gasteiger charge is 2.40. The van der Waals surface area contributed by atoms with Gasteiger partial charge in [0.15, 0.2) is 17.2 Å². The molecule has 0 atom stereocenters. The van der Waals surface area contributed by atoms with Gasteiger partial charge >= 0.3 is 0 Å². The summed E-state index contributed by atoms with van der Waals surface area (Å²) in [5, 5.41) is 0.715. The van der Waals surface area contributed by atoms with Gasteiger partial charge in [-0.1, -0.05) is 12.1 Å². The van der Waals surface area contributed by atoms with Gasteiger partial charge in [-0.3, -0.25) is 4.79 Å². The molecule has 2 aromatic carbocycles. The number of ether oxygens (including phenoxy) is 3. The van der Waals surface area contributed by atoms with Gasteiger partial charge in [0, 0.05) is 17.5 Å². The molecule has 1 amide bonds. The lowest BCUT2D eigenvalue weighted by Crippen LogP contribution is -2.26. The summed E-state index contributed by atoms with van der Waals surface area (Å²) in [6, 6.07) is 11.2. The summed E-state index contributed by atoms with van der Waals surface area (Å²) in [7, 11) is 3.16. The van der Waals surface area contributed by atoms with Crippen LogP contribution in [0.4, 0.5) is 5.69 Å². The van der Waals surface area contributed by atoms with Crippen molar-refractivity contribution in [3.63, 3.8) is 0 Å². The summed E-state index contributed by atoms with van der Waals surface area (Å²) in [6.07, 6.45) is 2.10. The zero-order valence-electron chi connectivity index (χ0n) is 16.3. The lowest BCUT2D eigenvalue weighted by atomic mass is 10.1. The fourth-order valence-corrected chi connectivity index (χ4v) is 3.84. The van der Waals surface area contributed by atoms with Crippen LogP contribution in [0.25, 0.3) is 10.9 Å². The lowest BCUT2D eigenvalue weighted by molar-refractivity contribution is 0.0767. The number of nitrogens with two attached hydrogens (primary N) is 1. The number of aromatic nitrogens is 1. The summed E-state index contributed by atoms with van der Waals surface area (Å²) >= 11 is 0. The van der Waals surface area contributed by atoms with Crippen LogP contribution in [-0.4, -0.2) is 36.1 Å². The van der Waals surface area contributed by atoms with Crippen LogP contribution in [0.15, 0.2) is 36.4 Å². The van der Waals surface area contributed by atoms with Gasteiger partial charge in [0.05, 0.1) is 37.7 Å². The number of anilines is 1. The zero-order chi connectivity index (χ0) is 20.1. The number of carbonyl (C=O) groups excluding carboxylic acids is 1. The van der Waals surface area contributed by atoms with Crippen molar-refractivity contribution in [2.24, 2.45) is 0 Å². The first-order chi connectivity index (χ1) is 14.1. The number of hydrogen-bond acceptors (Lipinski definition) is 6. The Labute approximate surface area is 168 Å². The summed E-state index contributed by atoms with van der Waals surface area (Å²) in [5.74, 6) is 2.34. The first kappa shape index (κ1) is 17.6. The SMILES string of the molecule is COc1ccc(Oc2cccc3c(N)c4c(nc23)CN(C2CC2)C4=O)cc1OC. The Balaban J connectivity index is 1.57. The van der Waals surface area contributed by atoms with Gasteiger partial charge in [0.1, 0.15) is 11.3 Å². The van der Waals surface area contributed by atoms with Crippen LogP contribution in [0, 0.1) is 0 Å². The number of methoxy groups -OCH3 is 2. The number of para-hydroxylation sites is 1. The average molecular weight is 391 g/mol. The minimum absolute atomic E-state index is 0.0133. The first-order valence-corrected chi connectivity index (χ1v) is 9.52. The Morgan fingerprint density at radius 2 is 1.86 bits per heavy atom. The number of carbonyl (C=O) groups is 1. The minimum Gasteiger partial charge on any atom is -0.493 e. The van der Waals surface area contributed by atoms with Crippen molar-refractivity contribution >= 4 is 22.5 Å². The molecule has 7 heteroatoms. The summed E-state index contributed by atoms with van der Waals surface area (Å²) < 4.78 is 16.7. The maximum Gasteiger partial charge on any atom is 0.258 e. The van der Waals surface area contributed by atoms with Gasteiger partial charge in [-0.15, -0.1) is 0 Å². The number of fused-ring (bicyclic) bond motifs is 2. The van der Waals surface area contributed by atoms with Gasteiger partial charge in [-0.2, -0.15) is 0 Å². The Morgan fingerprint density at radius 1 is 1.07 bits per heavy atom. The third-order valence-electron chi connectivity index (χ3n) is 5.46. The molecule has 1 saturated carbocycles. The van der Waals surface area contributed by atoms with E-state index < -0.39 is 0 Å². The predicted molar refractivity (Wildman–Crippen MR) is 109 cm³/mol. The van der Waals surface area contributed by atoms with Gasteiger partial charge < -0.3 is 24.8 Å². The Hall–Kier alpha value is -3.48. The summed E-state index contributed by atoms with van der Waals surface area (Å²) in [5.41, 5.74) is 8.77. The molecule has 0 bridgehead atoms. The van der Waals surface area contributed by atoms with Crippen molar-refractivity contribution in [2.45, 2.75) is 25.4 Å². The van der Waals surface area contributed by atoms with Gasteiger partial charge in [-0.05, 0) is 31.0 Å². The van der Waals surface area contributed by atoms with Gasteiger partial charge in [0.2, 0.25) is 0 Å². The smallest absolute Gasteiger partial charge is 0.258 e. The quantitative estimate of drug-likeness (QED) is 0.713. The van der Waals surface area contributed by atoms with Crippen molar-refractivity contribution < 1.29 is 19.0 Å². The zero-order valence-corrected chi connectivity index (χ0v) is 16.3. The Kier molecular flexibility index (Phi) is 3.97. The van der Waals surface area contributed by atoms with Crippen LogP contribution in [0.5, 0.6) is 23.0 Å². The molecule has 0 spiro atoms. The molecular weight excluding hydrogens is 370 g/mol. The van der Waals surface area contributed by atoms with Crippen LogP contribution in [0.1, 0.15) is 28.9 Å². The second-order valence-corrected chi connectivity index (χ2v) is 7.28. The molecule has 0 saturated heterocycles. The van der Waals surface area contributed by atoms with E-state index in [0.29, 0.717) is 57.7 Å². The molecule has 0 unspecified atom stereocenters. The van der Waals surface area contributed by atoms with E-state index in [4.69, 9.17) is 24.9 Å². The lowest BCUT2D eigenvalue weighted by Gasteiger charge is -2.13. The monoisotopic (exact) mass is 391 g/mol. The van der Waals surface area contributed by atoms with E-state index >= 15 is 0 Å². The average Bonchev–Trinajstić information content (AvgIpc) is 3.52. The summed E-state index contributed by atoms with van der Waals surface area (Å²) in [4.78, 5) is 19.5. The highest BCUT2D eigenvalue weighted by atomic mass is 16.5. The molecule has 7 nitrogen and oxygen atoms in total. The van der Waals surface area contributed by atoms with Crippen molar-refractivity contribution in [1.82, 2.24) is 9.88 Å². The largest absolute Gasteiger partial charge is 0.493 e. The Bertz CT molecular complexity index is 1140. The molecule has 3 aromatic rings. The van der Waals surface area contributed by atoms with E-state index in [1.807, 2.05) is 23.1 Å². The van der Waals surface area contributed by atoms with Crippen molar-refractivity contribution in [2.75, 3.05) is 20.0 Å². The van der Waals surface area contributed by atoms with Crippen molar-refractivity contribution in [1.29, 1.82) is 0 Å². The maximum atomic E-state index is 12.8. The molecule has 1 aliphatic heterocycles. The molecule has 2 aliphatic rings. The van der Waals surface area contributed by atoms with Crippen LogP contribution < -0.4 is 19.9 Å². The number of benzene rings is 2. The highest BCUT2D eigenvalue weighted by molar-refractivity contribution is 6.10. The van der Waals surface area contributed by atoms with Crippen molar-refractivity contribution in [3.05, 3.63) is 47.7 Å². The van der Waals surface area contributed by atoms with E-state index in [9.17, 15) is 4.79 Å². The second-order valence-electron chi connectivity index (χ2n) is 7.28. The Morgan fingerprint density at radius 3 is 2.59 bits per heavy atom. The third kappa shape index (κ3) is 2.81. The van der Waals surface area contributed by atoms with Crippen LogP contribution in [0.2, 0.25) is 0 Å². The highest BCUT2D eigenvalue weighted by Crippen LogP contribution is 2.41. The molecule has 5 rings (SSSR count). The molecule has 1 aliphatic carbocycles. The van der Waals surface area contributed by atoms with E-state index in [0.717, 1.165) is 18.5 Å². The molecule has 1 aromatic heterocycles. The topological polar surface area (TPSA) is 86.9 Å². The molecule has 29 heavy (non-hydrogen) atoms. The van der Waals surface area contributed by atoms with Gasteiger partial charge in [0.25, 0.3) is 5.91 Å². The summed E-state index contributed by atoms with van der Waals surface area (Å²) in [6.45, 7) is 0.504. The number of nitrogen functional groups attached to an aromatic ring is 1. The fraction of sp³-hybridized carbons (Fsp3) is 0.273. The van der Waals surface area contributed by atoms with Crippen LogP contribution in [-0.2, 0) is 6.54 Å². The van der Waals surface area contributed by atoms with Crippen LogP contribution in [0.3, 0.4) is 0 Å². The van der Waals surface area contributed by atoms with E-state index in [2.05, 4.69) is 0 Å². The first-order valence-electron chi connectivity index (χ1n) is 9.52. The number of amides is 1. The van der Waals surface area contributed by atoms with E-state index in [1.165, 1.54) is 0 Å². The van der Waals surface area contributed by atoms with Gasteiger partial charge in [-0.25, -0.2) is 4.98 Å². The van der Waals surface area contributed by atoms with E-state index in [1.54, 1.807) is 32.4 Å². The normalized spacial score (nSPS) is 15.5. The second kappa shape index (κ2) is 6.55. The molecule has 0 radical (unpaired) electrons. The maximum absolute atomic E-state index is 12.8. The minimum atomic E-state index is -0.0133. The fourth-order valence-electron chi connectivity index (χ4n) is 3.84. The molecule has 1 fully saturated rings. The molecule has 2 heterocycles. The molecule has 148 valence electrons. The predicted octanol–water partition coefficient (Wildman–Crippen LogP) is 3.74. The van der Waals surface area contributed by atoms with Crippen molar-refractivity contribution in [3.8, 4) is 23.0 Å².